The van der Waals surface area contributed by atoms with Crippen molar-refractivity contribution in [1.82, 2.24) is 4.90 Å². The monoisotopic (exact) mass is 275 g/mol. The van der Waals surface area contributed by atoms with Crippen LogP contribution in [0.1, 0.15) is 32.8 Å². The van der Waals surface area contributed by atoms with Crippen LogP contribution in [0.15, 0.2) is 30.3 Å². The SMILES string of the molecule is CCN1C(=O)CC(C)C(C)C1COCc1ccccc1. The Labute approximate surface area is 121 Å². The van der Waals surface area contributed by atoms with Crippen LogP contribution in [0.3, 0.4) is 0 Å². The standard InChI is InChI=1S/C17H25NO2/c1-4-18-16(14(3)13(2)10-17(18)19)12-20-11-15-8-6-5-7-9-15/h5-9,13-14,16H,4,10-12H2,1-3H3. The molecule has 0 N–H and O–H groups in total. The lowest BCUT2D eigenvalue weighted by Gasteiger charge is -2.42. The number of carbonyl (C=O) groups excluding carboxylic acids is 1. The van der Waals surface area contributed by atoms with Crippen LogP contribution in [-0.2, 0) is 16.1 Å². The molecule has 3 unspecified atom stereocenters. The molecule has 1 aromatic carbocycles. The van der Waals surface area contributed by atoms with Crippen molar-refractivity contribution in [3.05, 3.63) is 35.9 Å². The van der Waals surface area contributed by atoms with Gasteiger partial charge in [-0.25, -0.2) is 0 Å². The molecule has 0 spiro atoms. The third-order valence-corrected chi connectivity index (χ3v) is 4.46. The first-order valence-electron chi connectivity index (χ1n) is 7.54. The van der Waals surface area contributed by atoms with Crippen molar-refractivity contribution in [2.24, 2.45) is 11.8 Å². The minimum atomic E-state index is 0.208. The summed E-state index contributed by atoms with van der Waals surface area (Å²) in [5.41, 5.74) is 1.18. The Hall–Kier alpha value is -1.35. The molecule has 3 atom stereocenters. The predicted octanol–water partition coefficient (Wildman–Crippen LogP) is 3.10. The molecular weight excluding hydrogens is 250 g/mol. The van der Waals surface area contributed by atoms with E-state index >= 15 is 0 Å². The highest BCUT2D eigenvalue weighted by atomic mass is 16.5. The van der Waals surface area contributed by atoms with E-state index in [-0.39, 0.29) is 11.9 Å². The molecular formula is C17H25NO2. The van der Waals surface area contributed by atoms with Gasteiger partial charge in [0.25, 0.3) is 0 Å². The molecule has 1 aliphatic heterocycles. The van der Waals surface area contributed by atoms with Gasteiger partial charge in [-0.2, -0.15) is 0 Å². The Balaban J connectivity index is 1.93. The first kappa shape index (κ1) is 15.0. The van der Waals surface area contributed by atoms with Crippen molar-refractivity contribution in [1.29, 1.82) is 0 Å². The van der Waals surface area contributed by atoms with Crippen molar-refractivity contribution in [2.75, 3.05) is 13.2 Å². The topological polar surface area (TPSA) is 29.5 Å². The first-order valence-corrected chi connectivity index (χ1v) is 7.54. The fourth-order valence-electron chi connectivity index (χ4n) is 2.95. The average Bonchev–Trinajstić information content (AvgIpc) is 2.45. The van der Waals surface area contributed by atoms with Crippen LogP contribution in [0.4, 0.5) is 0 Å². The second kappa shape index (κ2) is 6.89. The van der Waals surface area contributed by atoms with Gasteiger partial charge < -0.3 is 9.64 Å². The number of nitrogens with zero attached hydrogens (tertiary/aromatic N) is 1. The Bertz CT molecular complexity index is 432. The van der Waals surface area contributed by atoms with Crippen molar-refractivity contribution in [3.8, 4) is 0 Å². The summed E-state index contributed by atoms with van der Waals surface area (Å²) in [5, 5.41) is 0. The first-order chi connectivity index (χ1) is 9.63. The van der Waals surface area contributed by atoms with Crippen molar-refractivity contribution < 1.29 is 9.53 Å². The van der Waals surface area contributed by atoms with Crippen LogP contribution in [0.5, 0.6) is 0 Å². The zero-order chi connectivity index (χ0) is 14.5. The van der Waals surface area contributed by atoms with E-state index in [4.69, 9.17) is 4.74 Å². The van der Waals surface area contributed by atoms with Gasteiger partial charge in [0.1, 0.15) is 0 Å². The molecule has 1 aromatic rings. The van der Waals surface area contributed by atoms with E-state index in [9.17, 15) is 4.79 Å². The molecule has 1 aliphatic rings. The lowest BCUT2D eigenvalue weighted by atomic mass is 9.82. The lowest BCUT2D eigenvalue weighted by Crippen LogP contribution is -2.52. The fraction of sp³-hybridized carbons (Fsp3) is 0.588. The molecule has 1 saturated heterocycles. The maximum atomic E-state index is 12.1. The summed E-state index contributed by atoms with van der Waals surface area (Å²) in [5.74, 6) is 1.20. The van der Waals surface area contributed by atoms with E-state index in [1.54, 1.807) is 0 Å². The summed E-state index contributed by atoms with van der Waals surface area (Å²) in [4.78, 5) is 14.1. The maximum Gasteiger partial charge on any atom is 0.223 e. The van der Waals surface area contributed by atoms with Gasteiger partial charge in [-0.1, -0.05) is 44.2 Å². The van der Waals surface area contributed by atoms with Crippen molar-refractivity contribution in [3.63, 3.8) is 0 Å². The molecule has 0 bridgehead atoms. The van der Waals surface area contributed by atoms with Crippen LogP contribution >= 0.6 is 0 Å². The van der Waals surface area contributed by atoms with E-state index in [2.05, 4.69) is 26.0 Å². The lowest BCUT2D eigenvalue weighted by molar-refractivity contribution is -0.143. The summed E-state index contributed by atoms with van der Waals surface area (Å²) in [6.45, 7) is 8.46. The summed E-state index contributed by atoms with van der Waals surface area (Å²) < 4.78 is 5.86. The smallest absolute Gasteiger partial charge is 0.223 e. The average molecular weight is 275 g/mol. The quantitative estimate of drug-likeness (QED) is 0.826. The van der Waals surface area contributed by atoms with E-state index in [1.165, 1.54) is 5.56 Å². The normalized spacial score (nSPS) is 26.9. The third-order valence-electron chi connectivity index (χ3n) is 4.46. The van der Waals surface area contributed by atoms with Gasteiger partial charge >= 0.3 is 0 Å². The minimum Gasteiger partial charge on any atom is -0.375 e. The van der Waals surface area contributed by atoms with Gasteiger partial charge in [0.2, 0.25) is 5.91 Å². The number of likely N-dealkylation sites (N-methyl/N-ethyl adjacent to an activating group) is 1. The van der Waals surface area contributed by atoms with Gasteiger partial charge in [-0.15, -0.1) is 0 Å². The highest BCUT2D eigenvalue weighted by molar-refractivity contribution is 5.77. The number of carbonyl (C=O) groups is 1. The molecule has 110 valence electrons. The minimum absolute atomic E-state index is 0.208. The van der Waals surface area contributed by atoms with Gasteiger partial charge in [0.15, 0.2) is 0 Å². The number of piperidine rings is 1. The van der Waals surface area contributed by atoms with Crippen molar-refractivity contribution in [2.45, 2.75) is 39.8 Å². The zero-order valence-corrected chi connectivity index (χ0v) is 12.7. The molecule has 1 fully saturated rings. The van der Waals surface area contributed by atoms with Crippen LogP contribution < -0.4 is 0 Å². The van der Waals surface area contributed by atoms with Crippen LogP contribution in [0.25, 0.3) is 0 Å². The number of hydrogen-bond acceptors (Lipinski definition) is 2. The number of ether oxygens (including phenoxy) is 1. The molecule has 20 heavy (non-hydrogen) atoms. The van der Waals surface area contributed by atoms with E-state index in [1.807, 2.05) is 30.0 Å². The van der Waals surface area contributed by atoms with E-state index < -0.39 is 0 Å². The summed E-state index contributed by atoms with van der Waals surface area (Å²) in [7, 11) is 0. The fourth-order valence-corrected chi connectivity index (χ4v) is 2.95. The maximum absolute atomic E-state index is 12.1. The number of hydrogen-bond donors (Lipinski definition) is 0. The van der Waals surface area contributed by atoms with Gasteiger partial charge in [-0.05, 0) is 24.3 Å². The Morgan fingerprint density at radius 2 is 1.95 bits per heavy atom. The second-order valence-corrected chi connectivity index (χ2v) is 5.79. The summed E-state index contributed by atoms with van der Waals surface area (Å²) in [6, 6.07) is 10.4. The van der Waals surface area contributed by atoms with Gasteiger partial charge in [0.05, 0.1) is 19.3 Å². The van der Waals surface area contributed by atoms with E-state index in [0.29, 0.717) is 31.5 Å². The number of benzene rings is 1. The highest BCUT2D eigenvalue weighted by Crippen LogP contribution is 2.29. The second-order valence-electron chi connectivity index (χ2n) is 5.79. The molecule has 2 rings (SSSR count). The zero-order valence-electron chi connectivity index (χ0n) is 12.7. The predicted molar refractivity (Wildman–Crippen MR) is 80.2 cm³/mol. The largest absolute Gasteiger partial charge is 0.375 e. The van der Waals surface area contributed by atoms with Crippen LogP contribution in [0, 0.1) is 11.8 Å². The molecule has 3 heteroatoms. The summed E-state index contributed by atoms with van der Waals surface area (Å²) >= 11 is 0. The van der Waals surface area contributed by atoms with E-state index in [0.717, 1.165) is 6.54 Å². The molecule has 0 aromatic heterocycles. The van der Waals surface area contributed by atoms with Crippen molar-refractivity contribution >= 4 is 5.91 Å². The number of amides is 1. The molecule has 0 aliphatic carbocycles. The Morgan fingerprint density at radius 3 is 2.60 bits per heavy atom. The number of likely N-dealkylation sites (tertiary alicyclic amines) is 1. The molecule has 1 amide bonds. The Morgan fingerprint density at radius 1 is 1.25 bits per heavy atom. The summed E-state index contributed by atoms with van der Waals surface area (Å²) in [6.07, 6.45) is 0.671. The van der Waals surface area contributed by atoms with Crippen LogP contribution in [0.2, 0.25) is 0 Å². The number of rotatable bonds is 5. The molecule has 0 radical (unpaired) electrons. The molecule has 0 saturated carbocycles. The van der Waals surface area contributed by atoms with Crippen LogP contribution in [-0.4, -0.2) is 30.0 Å². The van der Waals surface area contributed by atoms with Gasteiger partial charge in [-0.3, -0.25) is 4.79 Å². The highest BCUT2D eigenvalue weighted by Gasteiger charge is 2.36. The Kier molecular flexibility index (Phi) is 5.18. The van der Waals surface area contributed by atoms with Gasteiger partial charge in [0, 0.05) is 13.0 Å². The third kappa shape index (κ3) is 3.40. The molecule has 1 heterocycles. The molecule has 3 nitrogen and oxygen atoms in total.